The van der Waals surface area contributed by atoms with Crippen LogP contribution in [0.3, 0.4) is 0 Å². The molecule has 0 spiro atoms. The molecule has 0 aromatic rings. The number of Topliss-reactive ketones (excluding diaryl/α,β-unsaturated/α-hetero) is 1. The van der Waals surface area contributed by atoms with E-state index in [2.05, 4.69) is 0 Å². The highest BCUT2D eigenvalue weighted by molar-refractivity contribution is 5.95. The van der Waals surface area contributed by atoms with Crippen LogP contribution in [0.15, 0.2) is 0 Å². The lowest BCUT2D eigenvalue weighted by molar-refractivity contribution is -0.143. The van der Waals surface area contributed by atoms with Gasteiger partial charge in [-0.1, -0.05) is 0 Å². The first-order valence-corrected chi connectivity index (χ1v) is 15.9. The third-order valence-corrected chi connectivity index (χ3v) is 6.92. The predicted octanol–water partition coefficient (Wildman–Crippen LogP) is 2.31. The van der Waals surface area contributed by atoms with Crippen molar-refractivity contribution in [2.75, 3.05) is 19.6 Å². The van der Waals surface area contributed by atoms with Crippen molar-refractivity contribution in [3.63, 3.8) is 0 Å². The van der Waals surface area contributed by atoms with Gasteiger partial charge in [0.1, 0.15) is 34.9 Å². The smallest absolute Gasteiger partial charge is 0.411 e. The summed E-state index contributed by atoms with van der Waals surface area (Å²) < 4.78 is 15.2. The molecule has 0 aliphatic carbocycles. The van der Waals surface area contributed by atoms with Gasteiger partial charge >= 0.3 is 36.2 Å². The Balaban J connectivity index is 0.000000375. The van der Waals surface area contributed by atoms with E-state index in [4.69, 9.17) is 29.5 Å². The Kier molecular flexibility index (Phi) is 13.8. The summed E-state index contributed by atoms with van der Waals surface area (Å²) in [6.07, 6.45) is -2.28. The molecule has 0 bridgehead atoms. The highest BCUT2D eigenvalue weighted by atomic mass is 16.6. The topological polar surface area (TPSA) is 258 Å². The molecule has 0 unspecified atom stereocenters. The van der Waals surface area contributed by atoms with Crippen LogP contribution in [0.5, 0.6) is 0 Å². The molecule has 50 heavy (non-hydrogen) atoms. The number of likely N-dealkylation sites (tertiary alicyclic amines) is 3. The Morgan fingerprint density at radius 1 is 0.580 bits per heavy atom. The second kappa shape index (κ2) is 15.8. The molecule has 3 amide bonds. The van der Waals surface area contributed by atoms with Gasteiger partial charge in [0, 0.05) is 19.3 Å². The average Bonchev–Trinajstić information content (AvgIpc) is 3.54. The zero-order valence-corrected chi connectivity index (χ0v) is 30.6. The lowest BCUT2D eigenvalue weighted by Crippen LogP contribution is -2.43. The number of aliphatic carboxylic acids is 3. The fraction of sp³-hybridized carbons (Fsp3) is 0.781. The molecule has 18 heteroatoms. The van der Waals surface area contributed by atoms with E-state index in [1.165, 1.54) is 13.8 Å². The molecule has 3 saturated heterocycles. The number of nitrogens with zero attached hydrogens (tertiary/aromatic N) is 3. The number of hydrogen-bond acceptors (Lipinski definition) is 12. The van der Waals surface area contributed by atoms with E-state index >= 15 is 0 Å². The number of amides is 3. The second-order valence-electron chi connectivity index (χ2n) is 16.0. The normalized spacial score (nSPS) is 26.6. The summed E-state index contributed by atoms with van der Waals surface area (Å²) >= 11 is 0. The first-order chi connectivity index (χ1) is 22.2. The molecule has 3 fully saturated rings. The molecule has 286 valence electrons. The number of aliphatic hydroxyl groups is 2. The Bertz CT molecular complexity index is 1240. The van der Waals surface area contributed by atoms with Crippen LogP contribution in [0.2, 0.25) is 0 Å². The van der Waals surface area contributed by atoms with Crippen LogP contribution in [0.4, 0.5) is 14.4 Å². The Hall–Kier alpha value is -4.19. The van der Waals surface area contributed by atoms with Crippen LogP contribution in [0.25, 0.3) is 0 Å². The van der Waals surface area contributed by atoms with Crippen LogP contribution in [-0.4, -0.2) is 148 Å². The third kappa shape index (κ3) is 14.3. The van der Waals surface area contributed by atoms with E-state index < -0.39 is 82.3 Å². The Morgan fingerprint density at radius 2 is 0.860 bits per heavy atom. The van der Waals surface area contributed by atoms with Crippen LogP contribution < -0.4 is 0 Å². The number of ether oxygens (including phenoxy) is 3. The van der Waals surface area contributed by atoms with Gasteiger partial charge in [0.2, 0.25) is 0 Å². The van der Waals surface area contributed by atoms with E-state index in [0.717, 1.165) is 14.7 Å². The van der Waals surface area contributed by atoms with Gasteiger partial charge in [0.15, 0.2) is 5.78 Å². The minimum Gasteiger partial charge on any atom is -0.480 e. The summed E-state index contributed by atoms with van der Waals surface area (Å²) in [6, 6.07) is -3.15. The van der Waals surface area contributed by atoms with Gasteiger partial charge in [-0.15, -0.1) is 0 Å². The minimum atomic E-state index is -1.18. The van der Waals surface area contributed by atoms with Gasteiger partial charge in [-0.2, -0.15) is 0 Å². The van der Waals surface area contributed by atoms with Crippen LogP contribution in [-0.2, 0) is 33.4 Å². The molecule has 18 nitrogen and oxygen atoms in total. The summed E-state index contributed by atoms with van der Waals surface area (Å²) in [4.78, 5) is 82.2. The molecule has 3 rings (SSSR count). The van der Waals surface area contributed by atoms with Gasteiger partial charge in [-0.05, 0) is 76.2 Å². The van der Waals surface area contributed by atoms with E-state index in [0.29, 0.717) is 0 Å². The van der Waals surface area contributed by atoms with Crippen molar-refractivity contribution in [1.82, 2.24) is 14.7 Å². The molecular formula is C32H53N3O15. The fourth-order valence-electron chi connectivity index (χ4n) is 5.03. The largest absolute Gasteiger partial charge is 0.480 e. The van der Waals surface area contributed by atoms with E-state index in [1.807, 2.05) is 0 Å². The monoisotopic (exact) mass is 719 g/mol. The van der Waals surface area contributed by atoms with Crippen molar-refractivity contribution in [3.05, 3.63) is 0 Å². The van der Waals surface area contributed by atoms with Crippen molar-refractivity contribution in [1.29, 1.82) is 0 Å². The summed E-state index contributed by atoms with van der Waals surface area (Å²) in [5, 5.41) is 46.5. The zero-order chi connectivity index (χ0) is 39.4. The van der Waals surface area contributed by atoms with Crippen molar-refractivity contribution >= 4 is 42.0 Å². The molecular weight excluding hydrogens is 666 g/mol. The van der Waals surface area contributed by atoms with Gasteiger partial charge in [0.25, 0.3) is 0 Å². The fourth-order valence-corrected chi connectivity index (χ4v) is 5.03. The number of hydrogen-bond donors (Lipinski definition) is 5. The summed E-state index contributed by atoms with van der Waals surface area (Å²) in [5.74, 6) is -3.71. The zero-order valence-electron chi connectivity index (χ0n) is 30.6. The highest BCUT2D eigenvalue weighted by Crippen LogP contribution is 2.30. The molecule has 3 aliphatic heterocycles. The van der Waals surface area contributed by atoms with Gasteiger partial charge < -0.3 is 39.7 Å². The number of carboxylic acid groups (broad SMARTS) is 3. The molecule has 3 aliphatic rings. The predicted molar refractivity (Wildman–Crippen MR) is 173 cm³/mol. The molecule has 0 radical (unpaired) electrons. The highest BCUT2D eigenvalue weighted by Gasteiger charge is 2.48. The van der Waals surface area contributed by atoms with Gasteiger partial charge in [-0.3, -0.25) is 19.5 Å². The summed E-state index contributed by atoms with van der Waals surface area (Å²) in [6.45, 7) is 18.0. The van der Waals surface area contributed by atoms with Crippen molar-refractivity contribution in [3.8, 4) is 0 Å². The van der Waals surface area contributed by atoms with E-state index in [9.17, 15) is 43.8 Å². The lowest BCUT2D eigenvalue weighted by atomic mass is 10.0. The maximum Gasteiger partial charge on any atom is 0.411 e. The maximum atomic E-state index is 11.8. The third-order valence-electron chi connectivity index (χ3n) is 6.92. The molecule has 0 aromatic heterocycles. The SMILES string of the molecule is CC(C)(C)OC(=O)N1CC(=O)C[C@H]1C(=O)O.CC(C)(C)OC(=O)N1C[C@@](C)(O)C[C@H]1C(=O)O.CC(C)(C)OC(=O)N1C[C@](C)(O)C[C@H]1C(=O)O. The quantitative estimate of drug-likeness (QED) is 0.262. The van der Waals surface area contributed by atoms with Crippen LogP contribution >= 0.6 is 0 Å². The van der Waals surface area contributed by atoms with Gasteiger partial charge in [0.05, 0.1) is 30.8 Å². The number of ketones is 1. The number of carbonyl (C=O) groups is 7. The van der Waals surface area contributed by atoms with E-state index in [-0.39, 0.29) is 44.7 Å². The Labute approximate surface area is 291 Å². The van der Waals surface area contributed by atoms with Gasteiger partial charge in [-0.25, -0.2) is 28.8 Å². The average molecular weight is 720 g/mol. The minimum absolute atomic E-state index is 0.0155. The molecule has 3 heterocycles. The van der Waals surface area contributed by atoms with Crippen molar-refractivity contribution in [2.24, 2.45) is 0 Å². The number of carbonyl (C=O) groups excluding carboxylic acids is 4. The van der Waals surface area contributed by atoms with Crippen molar-refractivity contribution in [2.45, 2.75) is 142 Å². The Morgan fingerprint density at radius 3 is 1.12 bits per heavy atom. The first kappa shape index (κ1) is 43.8. The molecule has 5 N–H and O–H groups in total. The summed E-state index contributed by atoms with van der Waals surface area (Å²) in [7, 11) is 0. The lowest BCUT2D eigenvalue weighted by Gasteiger charge is -2.27. The maximum absolute atomic E-state index is 11.8. The van der Waals surface area contributed by atoms with Crippen LogP contribution in [0, 0.1) is 0 Å². The number of carboxylic acids is 3. The van der Waals surface area contributed by atoms with Crippen molar-refractivity contribution < 1.29 is 73.3 Å². The standard InChI is InChI=1S/2C11H19NO5.C10H15NO5/c2*1-10(2,3)17-9(15)12-6-11(4,16)5-7(12)8(13)14;1-10(2,3)16-9(15)11-5-6(12)4-7(11)8(13)14/h2*7,16H,5-6H2,1-4H3,(H,13,14);7H,4-5H2,1-3H3,(H,13,14)/t7-,11+;7-,11-;7-/m000/s1. The summed E-state index contributed by atoms with van der Waals surface area (Å²) in [5.41, 5.74) is -4.44. The van der Waals surface area contributed by atoms with Crippen LogP contribution in [0.1, 0.15) is 95.4 Å². The van der Waals surface area contributed by atoms with E-state index in [1.54, 1.807) is 62.3 Å². The number of β-amino-alcohol motifs (C(OH)–C–C–N with tert-alkyl or cyclic N) is 2. The second-order valence-corrected chi connectivity index (χ2v) is 16.0. The first-order valence-electron chi connectivity index (χ1n) is 15.9. The molecule has 0 aromatic carbocycles. The molecule has 5 atom stereocenters. The molecule has 0 saturated carbocycles. The number of rotatable bonds is 3.